The smallest absolute Gasteiger partial charge is 0.314 e. The number of nitrogens with one attached hydrogen (secondary N) is 2. The number of rotatable bonds is 8. The van der Waals surface area contributed by atoms with Gasteiger partial charge in [0.05, 0.1) is 12.0 Å². The molecule has 6 nitrogen and oxygen atoms in total. The predicted molar refractivity (Wildman–Crippen MR) is 80.2 cm³/mol. The van der Waals surface area contributed by atoms with Gasteiger partial charge >= 0.3 is 12.0 Å². The minimum atomic E-state index is -0.803. The molecule has 0 aromatic carbocycles. The molecule has 0 aromatic rings. The van der Waals surface area contributed by atoms with Gasteiger partial charge in [0, 0.05) is 19.7 Å². The van der Waals surface area contributed by atoms with Crippen molar-refractivity contribution in [1.29, 1.82) is 0 Å². The van der Waals surface area contributed by atoms with Crippen LogP contribution >= 0.6 is 0 Å². The second-order valence-electron chi connectivity index (χ2n) is 6.22. The third-order valence-electron chi connectivity index (χ3n) is 3.83. The van der Waals surface area contributed by atoms with E-state index in [4.69, 9.17) is 4.74 Å². The van der Waals surface area contributed by atoms with Crippen molar-refractivity contribution in [3.8, 4) is 0 Å². The lowest BCUT2D eigenvalue weighted by atomic mass is 9.74. The standard InChI is InChI=1S/C15H28N2O4/c1-12(2)10-21-9-8-16-14(20)17-11-15(13(18)19)6-4-3-5-7-15/h12H,3-11H2,1-2H3,(H,18,19)(H2,16,17,20). The first-order valence-corrected chi connectivity index (χ1v) is 7.79. The van der Waals surface area contributed by atoms with Crippen LogP contribution in [-0.2, 0) is 9.53 Å². The van der Waals surface area contributed by atoms with E-state index in [2.05, 4.69) is 24.5 Å². The number of aliphatic carboxylic acids is 1. The van der Waals surface area contributed by atoms with Gasteiger partial charge < -0.3 is 20.5 Å². The zero-order valence-corrected chi connectivity index (χ0v) is 13.1. The van der Waals surface area contributed by atoms with Gasteiger partial charge in [-0.2, -0.15) is 0 Å². The van der Waals surface area contributed by atoms with Gasteiger partial charge in [-0.25, -0.2) is 4.79 Å². The Morgan fingerprint density at radius 1 is 1.19 bits per heavy atom. The Kier molecular flexibility index (Phi) is 7.50. The molecule has 1 aliphatic carbocycles. The molecule has 0 saturated heterocycles. The molecule has 0 spiro atoms. The van der Waals surface area contributed by atoms with Gasteiger partial charge in [0.25, 0.3) is 0 Å². The van der Waals surface area contributed by atoms with Crippen molar-refractivity contribution in [2.45, 2.75) is 46.0 Å². The molecular formula is C15H28N2O4. The summed E-state index contributed by atoms with van der Waals surface area (Å²) in [6.07, 6.45) is 4.19. The second-order valence-corrected chi connectivity index (χ2v) is 6.22. The zero-order valence-electron chi connectivity index (χ0n) is 13.1. The van der Waals surface area contributed by atoms with E-state index in [9.17, 15) is 14.7 Å². The molecule has 1 saturated carbocycles. The lowest BCUT2D eigenvalue weighted by molar-refractivity contribution is -0.150. The van der Waals surface area contributed by atoms with Crippen molar-refractivity contribution >= 4 is 12.0 Å². The molecule has 1 fully saturated rings. The van der Waals surface area contributed by atoms with Crippen molar-refractivity contribution in [1.82, 2.24) is 10.6 Å². The predicted octanol–water partition coefficient (Wildman–Crippen LogP) is 1.99. The van der Waals surface area contributed by atoms with Crippen molar-refractivity contribution < 1.29 is 19.4 Å². The van der Waals surface area contributed by atoms with Crippen LogP contribution in [0.5, 0.6) is 0 Å². The van der Waals surface area contributed by atoms with Gasteiger partial charge in [-0.1, -0.05) is 33.1 Å². The van der Waals surface area contributed by atoms with Crippen molar-refractivity contribution in [2.75, 3.05) is 26.3 Å². The van der Waals surface area contributed by atoms with Crippen LogP contribution < -0.4 is 10.6 Å². The summed E-state index contributed by atoms with van der Waals surface area (Å²) in [5.74, 6) is -0.330. The van der Waals surface area contributed by atoms with E-state index in [1.54, 1.807) is 0 Å². The molecule has 122 valence electrons. The highest BCUT2D eigenvalue weighted by Crippen LogP contribution is 2.35. The fourth-order valence-electron chi connectivity index (χ4n) is 2.56. The molecule has 1 rings (SSSR count). The molecule has 21 heavy (non-hydrogen) atoms. The largest absolute Gasteiger partial charge is 0.481 e. The summed E-state index contributed by atoms with van der Waals surface area (Å²) in [5.41, 5.74) is -0.788. The third kappa shape index (κ3) is 6.33. The van der Waals surface area contributed by atoms with Gasteiger partial charge in [-0.05, 0) is 18.8 Å². The minimum Gasteiger partial charge on any atom is -0.481 e. The number of carbonyl (C=O) groups excluding carboxylic acids is 1. The molecule has 0 aliphatic heterocycles. The molecule has 0 heterocycles. The number of hydrogen-bond donors (Lipinski definition) is 3. The summed E-state index contributed by atoms with van der Waals surface area (Å²) in [6, 6.07) is -0.325. The van der Waals surface area contributed by atoms with Crippen LogP contribution in [-0.4, -0.2) is 43.4 Å². The Morgan fingerprint density at radius 3 is 2.43 bits per heavy atom. The lowest BCUT2D eigenvalue weighted by Crippen LogP contribution is -2.47. The Morgan fingerprint density at radius 2 is 1.86 bits per heavy atom. The van der Waals surface area contributed by atoms with Crippen LogP contribution in [0.4, 0.5) is 4.79 Å². The molecule has 3 N–H and O–H groups in total. The van der Waals surface area contributed by atoms with Crippen LogP contribution in [0.1, 0.15) is 46.0 Å². The van der Waals surface area contributed by atoms with Crippen molar-refractivity contribution in [3.05, 3.63) is 0 Å². The Hall–Kier alpha value is -1.30. The first-order chi connectivity index (χ1) is 9.96. The number of ether oxygens (including phenoxy) is 1. The molecule has 0 atom stereocenters. The van der Waals surface area contributed by atoms with Crippen LogP contribution in [0.3, 0.4) is 0 Å². The number of carboxylic acid groups (broad SMARTS) is 1. The molecular weight excluding hydrogens is 272 g/mol. The maximum atomic E-state index is 11.7. The van der Waals surface area contributed by atoms with E-state index >= 15 is 0 Å². The number of urea groups is 1. The van der Waals surface area contributed by atoms with E-state index in [1.807, 2.05) is 0 Å². The highest BCUT2D eigenvalue weighted by Gasteiger charge is 2.39. The first kappa shape index (κ1) is 17.8. The second kappa shape index (κ2) is 8.87. The molecule has 1 aliphatic rings. The summed E-state index contributed by atoms with van der Waals surface area (Å²) < 4.78 is 5.36. The zero-order chi connectivity index (χ0) is 15.7. The van der Waals surface area contributed by atoms with Crippen LogP contribution in [0.2, 0.25) is 0 Å². The van der Waals surface area contributed by atoms with Crippen LogP contribution in [0, 0.1) is 11.3 Å². The lowest BCUT2D eigenvalue weighted by Gasteiger charge is -2.33. The third-order valence-corrected chi connectivity index (χ3v) is 3.83. The molecule has 0 unspecified atom stereocenters. The summed E-state index contributed by atoms with van der Waals surface area (Å²) in [6.45, 7) is 5.89. The Balaban J connectivity index is 2.23. The summed E-state index contributed by atoms with van der Waals surface area (Å²) >= 11 is 0. The number of carboxylic acids is 1. The molecule has 0 radical (unpaired) electrons. The van der Waals surface area contributed by atoms with Gasteiger partial charge in [0.2, 0.25) is 0 Å². The SMILES string of the molecule is CC(C)COCCNC(=O)NCC1(C(=O)O)CCCCC1. The van der Waals surface area contributed by atoms with Crippen molar-refractivity contribution in [3.63, 3.8) is 0 Å². The highest BCUT2D eigenvalue weighted by molar-refractivity contribution is 5.78. The molecule has 0 bridgehead atoms. The summed E-state index contributed by atoms with van der Waals surface area (Å²) in [7, 11) is 0. The van der Waals surface area contributed by atoms with E-state index in [0.29, 0.717) is 38.5 Å². The molecule has 6 heteroatoms. The topological polar surface area (TPSA) is 87.7 Å². The Bertz CT molecular complexity index is 339. The minimum absolute atomic E-state index is 0.195. The summed E-state index contributed by atoms with van der Waals surface area (Å²) in [4.78, 5) is 23.1. The average molecular weight is 300 g/mol. The maximum Gasteiger partial charge on any atom is 0.314 e. The average Bonchev–Trinajstić information content (AvgIpc) is 2.45. The van der Waals surface area contributed by atoms with Crippen LogP contribution in [0.15, 0.2) is 0 Å². The fraction of sp³-hybridized carbons (Fsp3) is 0.867. The molecule has 0 aromatic heterocycles. The van der Waals surface area contributed by atoms with Crippen LogP contribution in [0.25, 0.3) is 0 Å². The monoisotopic (exact) mass is 300 g/mol. The van der Waals surface area contributed by atoms with Crippen molar-refractivity contribution in [2.24, 2.45) is 11.3 Å². The van der Waals surface area contributed by atoms with Gasteiger partial charge in [0.15, 0.2) is 0 Å². The number of carbonyl (C=O) groups is 2. The van der Waals surface area contributed by atoms with Gasteiger partial charge in [-0.15, -0.1) is 0 Å². The maximum absolute atomic E-state index is 11.7. The Labute approximate surface area is 126 Å². The quantitative estimate of drug-likeness (QED) is 0.598. The number of hydrogen-bond acceptors (Lipinski definition) is 3. The van der Waals surface area contributed by atoms with Gasteiger partial charge in [0.1, 0.15) is 0 Å². The highest BCUT2D eigenvalue weighted by atomic mass is 16.5. The van der Waals surface area contributed by atoms with E-state index in [0.717, 1.165) is 19.3 Å². The van der Waals surface area contributed by atoms with E-state index in [1.165, 1.54) is 0 Å². The van der Waals surface area contributed by atoms with E-state index < -0.39 is 11.4 Å². The van der Waals surface area contributed by atoms with Gasteiger partial charge in [-0.3, -0.25) is 4.79 Å². The summed E-state index contributed by atoms with van der Waals surface area (Å²) in [5, 5.41) is 14.8. The van der Waals surface area contributed by atoms with E-state index in [-0.39, 0.29) is 12.6 Å². The molecule has 2 amide bonds. The number of amides is 2. The normalized spacial score (nSPS) is 17.5. The fourth-order valence-corrected chi connectivity index (χ4v) is 2.56. The first-order valence-electron chi connectivity index (χ1n) is 7.79.